The van der Waals surface area contributed by atoms with Crippen molar-refractivity contribution in [3.8, 4) is 11.1 Å². The van der Waals surface area contributed by atoms with Crippen LogP contribution in [0.2, 0.25) is 0 Å². The number of primary amides is 1. The van der Waals surface area contributed by atoms with Gasteiger partial charge in [0.15, 0.2) is 5.69 Å². The van der Waals surface area contributed by atoms with Crippen LogP contribution in [0.1, 0.15) is 35.1 Å². The molecule has 146 valence electrons. The summed E-state index contributed by atoms with van der Waals surface area (Å²) in [5, 5.41) is 8.81. The van der Waals surface area contributed by atoms with Crippen LogP contribution in [-0.4, -0.2) is 39.3 Å². The molecule has 0 spiro atoms. The van der Waals surface area contributed by atoms with Gasteiger partial charge in [-0.3, -0.25) is 4.79 Å². The van der Waals surface area contributed by atoms with E-state index in [4.69, 9.17) is 21.2 Å². The Bertz CT molecular complexity index is 1240. The molecular formula is C21H20N6O2. The Kier molecular flexibility index (Phi) is 4.13. The van der Waals surface area contributed by atoms with Gasteiger partial charge < -0.3 is 21.2 Å². The highest BCUT2D eigenvalue weighted by molar-refractivity contribution is 6.07. The standard InChI is InChI=1S/C21H20N6O2/c22-17-14-5-1-4-13(18(14)26-27-19(17)20(23)28)11-6-7-15-16(9-11)25-21(24-15)12-3-2-8-29-10-12/h1,4-7,9,12H,2-3,8,10H2,(H2,22,26)(H2,23,28)(H,24,25). The fraction of sp³-hybridized carbons (Fsp3) is 0.238. The van der Waals surface area contributed by atoms with E-state index < -0.39 is 5.91 Å². The summed E-state index contributed by atoms with van der Waals surface area (Å²) in [4.78, 5) is 19.7. The van der Waals surface area contributed by atoms with Gasteiger partial charge in [0.05, 0.1) is 23.3 Å². The van der Waals surface area contributed by atoms with E-state index in [9.17, 15) is 4.79 Å². The van der Waals surface area contributed by atoms with Gasteiger partial charge in [0, 0.05) is 23.5 Å². The zero-order valence-corrected chi connectivity index (χ0v) is 15.7. The number of H-pyrrole nitrogens is 1. The average molecular weight is 388 g/mol. The number of hydrogen-bond acceptors (Lipinski definition) is 6. The molecule has 0 saturated carbocycles. The molecule has 1 amide bonds. The minimum atomic E-state index is -0.694. The van der Waals surface area contributed by atoms with Crippen molar-refractivity contribution < 1.29 is 9.53 Å². The number of carbonyl (C=O) groups is 1. The van der Waals surface area contributed by atoms with Gasteiger partial charge >= 0.3 is 0 Å². The van der Waals surface area contributed by atoms with Gasteiger partial charge in [-0.2, -0.15) is 0 Å². The van der Waals surface area contributed by atoms with Crippen LogP contribution in [0, 0.1) is 0 Å². The van der Waals surface area contributed by atoms with Crippen LogP contribution in [-0.2, 0) is 4.74 Å². The van der Waals surface area contributed by atoms with Crippen LogP contribution in [0.25, 0.3) is 33.1 Å². The lowest BCUT2D eigenvalue weighted by atomic mass is 10.0. The third kappa shape index (κ3) is 2.98. The largest absolute Gasteiger partial charge is 0.396 e. The fourth-order valence-electron chi connectivity index (χ4n) is 3.91. The first kappa shape index (κ1) is 17.6. The average Bonchev–Trinajstić information content (AvgIpc) is 3.17. The molecule has 4 aromatic rings. The molecule has 0 radical (unpaired) electrons. The first-order valence-corrected chi connectivity index (χ1v) is 9.54. The number of imidazole rings is 1. The number of hydrogen-bond donors (Lipinski definition) is 3. The Morgan fingerprint density at radius 2 is 2.10 bits per heavy atom. The van der Waals surface area contributed by atoms with Gasteiger partial charge in [-0.05, 0) is 30.5 Å². The number of nitrogen functional groups attached to an aromatic ring is 1. The van der Waals surface area contributed by atoms with Crippen LogP contribution >= 0.6 is 0 Å². The summed E-state index contributed by atoms with van der Waals surface area (Å²) < 4.78 is 5.59. The summed E-state index contributed by atoms with van der Waals surface area (Å²) >= 11 is 0. The number of nitrogens with one attached hydrogen (secondary N) is 1. The van der Waals surface area contributed by atoms with E-state index in [2.05, 4.69) is 15.2 Å². The Morgan fingerprint density at radius 3 is 2.90 bits per heavy atom. The molecule has 0 aliphatic carbocycles. The topological polar surface area (TPSA) is 133 Å². The number of ether oxygens (including phenoxy) is 1. The van der Waals surface area contributed by atoms with Crippen molar-refractivity contribution in [1.82, 2.24) is 20.2 Å². The lowest BCUT2D eigenvalue weighted by Gasteiger charge is -2.19. The molecule has 1 atom stereocenters. The third-order valence-electron chi connectivity index (χ3n) is 5.42. The van der Waals surface area contributed by atoms with Crippen molar-refractivity contribution in [2.24, 2.45) is 5.73 Å². The number of aromatic amines is 1. The zero-order valence-electron chi connectivity index (χ0n) is 15.7. The Balaban J connectivity index is 1.60. The molecule has 2 aromatic carbocycles. The second-order valence-corrected chi connectivity index (χ2v) is 7.30. The third-order valence-corrected chi connectivity index (χ3v) is 5.42. The van der Waals surface area contributed by atoms with Crippen LogP contribution < -0.4 is 11.5 Å². The number of carbonyl (C=O) groups excluding carboxylic acids is 1. The molecule has 5 N–H and O–H groups in total. The van der Waals surface area contributed by atoms with Crippen molar-refractivity contribution in [3.63, 3.8) is 0 Å². The van der Waals surface area contributed by atoms with E-state index in [1.165, 1.54) is 0 Å². The Morgan fingerprint density at radius 1 is 1.21 bits per heavy atom. The van der Waals surface area contributed by atoms with E-state index in [-0.39, 0.29) is 11.4 Å². The summed E-state index contributed by atoms with van der Waals surface area (Å²) in [6.45, 7) is 1.52. The lowest BCUT2D eigenvalue weighted by Crippen LogP contribution is -2.16. The highest BCUT2D eigenvalue weighted by Crippen LogP contribution is 2.33. The van der Waals surface area contributed by atoms with Crippen molar-refractivity contribution >= 4 is 33.5 Å². The molecule has 29 heavy (non-hydrogen) atoms. The maximum Gasteiger partial charge on any atom is 0.271 e. The minimum Gasteiger partial charge on any atom is -0.396 e. The number of fused-ring (bicyclic) bond motifs is 2. The Hall–Kier alpha value is -3.52. The number of benzene rings is 2. The van der Waals surface area contributed by atoms with Crippen molar-refractivity contribution in [2.45, 2.75) is 18.8 Å². The molecule has 1 fully saturated rings. The van der Waals surface area contributed by atoms with Crippen LogP contribution in [0.4, 0.5) is 5.69 Å². The molecule has 5 rings (SSSR count). The maximum absolute atomic E-state index is 11.5. The number of aromatic nitrogens is 4. The number of anilines is 1. The number of nitrogens with two attached hydrogens (primary N) is 2. The summed E-state index contributed by atoms with van der Waals surface area (Å²) in [7, 11) is 0. The smallest absolute Gasteiger partial charge is 0.271 e. The van der Waals surface area contributed by atoms with E-state index in [1.807, 2.05) is 36.4 Å². The van der Waals surface area contributed by atoms with E-state index in [0.717, 1.165) is 47.4 Å². The van der Waals surface area contributed by atoms with Crippen molar-refractivity contribution in [3.05, 3.63) is 47.9 Å². The molecule has 2 aromatic heterocycles. The number of amides is 1. The summed E-state index contributed by atoms with van der Waals surface area (Å²) in [6, 6.07) is 11.7. The molecule has 3 heterocycles. The molecule has 8 nitrogen and oxygen atoms in total. The van der Waals surface area contributed by atoms with Gasteiger partial charge in [0.25, 0.3) is 5.91 Å². The quantitative estimate of drug-likeness (QED) is 0.494. The molecule has 8 heteroatoms. The van der Waals surface area contributed by atoms with Gasteiger partial charge in [0.2, 0.25) is 0 Å². The SMILES string of the molecule is NC(=O)c1nnc2c(-c3ccc4nc(C5CCCOC5)[nH]c4c3)cccc2c1N. The maximum atomic E-state index is 11.5. The number of nitrogens with zero attached hydrogens (tertiary/aromatic N) is 3. The molecule has 1 saturated heterocycles. The molecule has 1 aliphatic heterocycles. The van der Waals surface area contributed by atoms with Crippen molar-refractivity contribution in [2.75, 3.05) is 18.9 Å². The fourth-order valence-corrected chi connectivity index (χ4v) is 3.91. The molecule has 1 unspecified atom stereocenters. The lowest BCUT2D eigenvalue weighted by molar-refractivity contribution is 0.0784. The second kappa shape index (κ2) is 6.82. The van der Waals surface area contributed by atoms with Gasteiger partial charge in [-0.15, -0.1) is 10.2 Å². The predicted octanol–water partition coefficient (Wildman–Crippen LogP) is 2.75. The first-order chi connectivity index (χ1) is 14.1. The van der Waals surface area contributed by atoms with Crippen LogP contribution in [0.3, 0.4) is 0 Å². The highest BCUT2D eigenvalue weighted by Gasteiger charge is 2.20. The van der Waals surface area contributed by atoms with E-state index >= 15 is 0 Å². The van der Waals surface area contributed by atoms with Gasteiger partial charge in [-0.25, -0.2) is 4.98 Å². The summed E-state index contributed by atoms with van der Waals surface area (Å²) in [5.74, 6) is 0.570. The monoisotopic (exact) mass is 388 g/mol. The van der Waals surface area contributed by atoms with Gasteiger partial charge in [0.1, 0.15) is 11.3 Å². The predicted molar refractivity (Wildman–Crippen MR) is 110 cm³/mol. The zero-order chi connectivity index (χ0) is 20.0. The minimum absolute atomic E-state index is 0.0157. The van der Waals surface area contributed by atoms with Gasteiger partial charge in [-0.1, -0.05) is 24.3 Å². The summed E-state index contributed by atoms with van der Waals surface area (Å²) in [5.41, 5.74) is 16.0. The molecule has 0 bridgehead atoms. The van der Waals surface area contributed by atoms with E-state index in [1.54, 1.807) is 0 Å². The van der Waals surface area contributed by atoms with Crippen LogP contribution in [0.15, 0.2) is 36.4 Å². The first-order valence-electron chi connectivity index (χ1n) is 9.54. The molecule has 1 aliphatic rings. The number of rotatable bonds is 3. The summed E-state index contributed by atoms with van der Waals surface area (Å²) in [6.07, 6.45) is 2.13. The Labute approximate surface area is 166 Å². The molecular weight excluding hydrogens is 368 g/mol. The van der Waals surface area contributed by atoms with Crippen molar-refractivity contribution in [1.29, 1.82) is 0 Å². The van der Waals surface area contributed by atoms with E-state index in [0.29, 0.717) is 23.4 Å². The highest BCUT2D eigenvalue weighted by atomic mass is 16.5. The normalized spacial score (nSPS) is 17.0. The second-order valence-electron chi connectivity index (χ2n) is 7.30. The van der Waals surface area contributed by atoms with Crippen LogP contribution in [0.5, 0.6) is 0 Å².